The van der Waals surface area contributed by atoms with Crippen molar-refractivity contribution in [1.29, 1.82) is 0 Å². The molecular formula is C14H10Cl2N2O2. The van der Waals surface area contributed by atoms with Crippen molar-refractivity contribution in [1.82, 2.24) is 9.97 Å². The van der Waals surface area contributed by atoms with Gasteiger partial charge in [0.05, 0.1) is 33.8 Å². The van der Waals surface area contributed by atoms with Crippen LogP contribution in [0.1, 0.15) is 0 Å². The number of phenolic OH excluding ortho intramolecular Hbond substituents is 1. The van der Waals surface area contributed by atoms with E-state index in [2.05, 4.69) is 9.97 Å². The molecule has 0 unspecified atom stereocenters. The minimum Gasteiger partial charge on any atom is -0.507 e. The normalized spacial score (nSPS) is 10.9. The van der Waals surface area contributed by atoms with E-state index in [4.69, 9.17) is 27.9 Å². The zero-order valence-electron chi connectivity index (χ0n) is 10.4. The van der Waals surface area contributed by atoms with Crippen LogP contribution in [0.2, 0.25) is 10.0 Å². The van der Waals surface area contributed by atoms with Crippen molar-refractivity contribution < 1.29 is 9.84 Å². The number of phenols is 1. The summed E-state index contributed by atoms with van der Waals surface area (Å²) in [6.07, 6.45) is 0. The number of halogens is 2. The lowest BCUT2D eigenvalue weighted by atomic mass is 10.2. The number of hydrogen-bond donors (Lipinski definition) is 2. The molecule has 2 aromatic carbocycles. The van der Waals surface area contributed by atoms with Crippen LogP contribution < -0.4 is 4.74 Å². The van der Waals surface area contributed by atoms with Gasteiger partial charge in [0.25, 0.3) is 0 Å². The van der Waals surface area contributed by atoms with E-state index in [9.17, 15) is 5.11 Å². The molecule has 0 aliphatic heterocycles. The number of fused-ring (bicyclic) bond motifs is 1. The Hall–Kier alpha value is -1.91. The number of nitrogens with one attached hydrogen (secondary N) is 1. The molecule has 0 spiro atoms. The third kappa shape index (κ3) is 2.17. The molecule has 2 N–H and O–H groups in total. The van der Waals surface area contributed by atoms with Crippen LogP contribution in [0, 0.1) is 0 Å². The molecular weight excluding hydrogens is 299 g/mol. The van der Waals surface area contributed by atoms with E-state index in [1.807, 2.05) is 0 Å². The molecule has 20 heavy (non-hydrogen) atoms. The Kier molecular flexibility index (Phi) is 3.20. The Labute approximate surface area is 124 Å². The van der Waals surface area contributed by atoms with Gasteiger partial charge in [-0.3, -0.25) is 0 Å². The van der Waals surface area contributed by atoms with Crippen molar-refractivity contribution in [3.63, 3.8) is 0 Å². The zero-order valence-corrected chi connectivity index (χ0v) is 12.0. The molecule has 3 aromatic rings. The van der Waals surface area contributed by atoms with Gasteiger partial charge in [0.15, 0.2) is 0 Å². The number of nitrogens with zero attached hydrogens (tertiary/aromatic N) is 1. The fourth-order valence-corrected chi connectivity index (χ4v) is 2.29. The first-order valence-corrected chi connectivity index (χ1v) is 6.56. The predicted molar refractivity (Wildman–Crippen MR) is 79.8 cm³/mol. The average Bonchev–Trinajstić information content (AvgIpc) is 2.81. The highest BCUT2D eigenvalue weighted by Gasteiger charge is 2.12. The number of rotatable bonds is 2. The first-order chi connectivity index (χ1) is 9.58. The number of methoxy groups -OCH3 is 1. The molecule has 0 aliphatic carbocycles. The van der Waals surface area contributed by atoms with Crippen molar-refractivity contribution in [2.45, 2.75) is 0 Å². The number of aromatic nitrogens is 2. The smallest absolute Gasteiger partial charge is 0.142 e. The van der Waals surface area contributed by atoms with Gasteiger partial charge in [-0.1, -0.05) is 23.2 Å². The second-order valence-electron chi connectivity index (χ2n) is 4.25. The zero-order chi connectivity index (χ0) is 14.3. The molecule has 6 heteroatoms. The molecule has 0 bridgehead atoms. The van der Waals surface area contributed by atoms with E-state index in [-0.39, 0.29) is 5.75 Å². The molecule has 3 rings (SSSR count). The standard InChI is InChI=1S/C14H10Cl2N2O2/c1-20-7-2-3-8(13(19)4-7)14-17-11-5-9(15)10(16)6-12(11)18-14/h2-6,19H,1H3,(H,17,18). The molecule has 0 saturated heterocycles. The molecule has 0 radical (unpaired) electrons. The van der Waals surface area contributed by atoms with Crippen LogP contribution in [0.5, 0.6) is 11.5 Å². The molecule has 102 valence electrons. The van der Waals surface area contributed by atoms with Crippen LogP contribution in [0.25, 0.3) is 22.4 Å². The summed E-state index contributed by atoms with van der Waals surface area (Å²) in [6, 6.07) is 8.40. The van der Waals surface area contributed by atoms with Crippen molar-refractivity contribution in [3.05, 3.63) is 40.4 Å². The van der Waals surface area contributed by atoms with E-state index in [0.717, 1.165) is 5.52 Å². The second-order valence-corrected chi connectivity index (χ2v) is 5.07. The highest BCUT2D eigenvalue weighted by atomic mass is 35.5. The number of imidazole rings is 1. The molecule has 1 heterocycles. The summed E-state index contributed by atoms with van der Waals surface area (Å²) in [6.45, 7) is 0. The summed E-state index contributed by atoms with van der Waals surface area (Å²) in [7, 11) is 1.54. The number of ether oxygens (including phenoxy) is 1. The molecule has 0 saturated carbocycles. The van der Waals surface area contributed by atoms with Gasteiger partial charge in [0.1, 0.15) is 17.3 Å². The molecule has 0 fully saturated rings. The summed E-state index contributed by atoms with van der Waals surface area (Å²) >= 11 is 11.9. The van der Waals surface area contributed by atoms with Crippen molar-refractivity contribution in [3.8, 4) is 22.9 Å². The summed E-state index contributed by atoms with van der Waals surface area (Å²) in [5, 5.41) is 10.9. The van der Waals surface area contributed by atoms with Crippen molar-refractivity contribution in [2.24, 2.45) is 0 Å². The summed E-state index contributed by atoms with van der Waals surface area (Å²) < 4.78 is 5.05. The Bertz CT molecular complexity index is 760. The second kappa shape index (κ2) is 4.89. The Morgan fingerprint density at radius 2 is 1.90 bits per heavy atom. The van der Waals surface area contributed by atoms with Gasteiger partial charge >= 0.3 is 0 Å². The number of benzene rings is 2. The molecule has 0 amide bonds. The third-order valence-corrected chi connectivity index (χ3v) is 3.71. The Morgan fingerprint density at radius 3 is 2.60 bits per heavy atom. The van der Waals surface area contributed by atoms with Crippen LogP contribution in [0.4, 0.5) is 0 Å². The third-order valence-electron chi connectivity index (χ3n) is 2.98. The van der Waals surface area contributed by atoms with E-state index in [1.54, 1.807) is 31.4 Å². The molecule has 0 atom stereocenters. The average molecular weight is 309 g/mol. The van der Waals surface area contributed by atoms with E-state index >= 15 is 0 Å². The Morgan fingerprint density at radius 1 is 1.15 bits per heavy atom. The quantitative estimate of drug-likeness (QED) is 0.744. The number of H-pyrrole nitrogens is 1. The lowest BCUT2D eigenvalue weighted by Gasteiger charge is -2.04. The number of aromatic amines is 1. The van der Waals surface area contributed by atoms with Crippen LogP contribution in [0.15, 0.2) is 30.3 Å². The first kappa shape index (κ1) is 13.1. The van der Waals surface area contributed by atoms with Gasteiger partial charge in [0, 0.05) is 6.07 Å². The number of aromatic hydroxyl groups is 1. The van der Waals surface area contributed by atoms with Gasteiger partial charge in [-0.15, -0.1) is 0 Å². The lowest BCUT2D eigenvalue weighted by molar-refractivity contribution is 0.408. The van der Waals surface area contributed by atoms with Crippen LogP contribution in [-0.4, -0.2) is 22.2 Å². The van der Waals surface area contributed by atoms with Crippen molar-refractivity contribution >= 4 is 34.2 Å². The maximum Gasteiger partial charge on any atom is 0.142 e. The molecule has 4 nitrogen and oxygen atoms in total. The van der Waals surface area contributed by atoms with E-state index in [0.29, 0.717) is 32.7 Å². The summed E-state index contributed by atoms with van der Waals surface area (Å²) in [5.74, 6) is 1.20. The van der Waals surface area contributed by atoms with Gasteiger partial charge < -0.3 is 14.8 Å². The monoisotopic (exact) mass is 308 g/mol. The minimum atomic E-state index is 0.0839. The van der Waals surface area contributed by atoms with Crippen LogP contribution in [0.3, 0.4) is 0 Å². The topological polar surface area (TPSA) is 58.1 Å². The minimum absolute atomic E-state index is 0.0839. The highest BCUT2D eigenvalue weighted by Crippen LogP contribution is 2.33. The molecule has 0 aliphatic rings. The summed E-state index contributed by atoms with van der Waals surface area (Å²) in [5.41, 5.74) is 2.02. The summed E-state index contributed by atoms with van der Waals surface area (Å²) in [4.78, 5) is 7.50. The fraction of sp³-hybridized carbons (Fsp3) is 0.0714. The van der Waals surface area contributed by atoms with Gasteiger partial charge in [-0.05, 0) is 24.3 Å². The first-order valence-electron chi connectivity index (χ1n) is 5.80. The predicted octanol–water partition coefficient (Wildman–Crippen LogP) is 4.25. The maximum absolute atomic E-state index is 10.0. The Balaban J connectivity index is 2.15. The lowest BCUT2D eigenvalue weighted by Crippen LogP contribution is -1.85. The fourth-order valence-electron chi connectivity index (χ4n) is 1.97. The van der Waals surface area contributed by atoms with Crippen molar-refractivity contribution in [2.75, 3.05) is 7.11 Å². The SMILES string of the molecule is COc1ccc(-c2nc3cc(Cl)c(Cl)cc3[nH]2)c(O)c1. The largest absolute Gasteiger partial charge is 0.507 e. The van der Waals surface area contributed by atoms with Crippen LogP contribution in [-0.2, 0) is 0 Å². The molecule has 1 aromatic heterocycles. The van der Waals surface area contributed by atoms with E-state index in [1.165, 1.54) is 6.07 Å². The maximum atomic E-state index is 10.0. The van der Waals surface area contributed by atoms with Crippen LogP contribution >= 0.6 is 23.2 Å². The van der Waals surface area contributed by atoms with Gasteiger partial charge in [0.2, 0.25) is 0 Å². The highest BCUT2D eigenvalue weighted by molar-refractivity contribution is 6.42. The number of hydrogen-bond acceptors (Lipinski definition) is 3. The van der Waals surface area contributed by atoms with E-state index < -0.39 is 0 Å². The van der Waals surface area contributed by atoms with Gasteiger partial charge in [-0.25, -0.2) is 4.98 Å². The van der Waals surface area contributed by atoms with Gasteiger partial charge in [-0.2, -0.15) is 0 Å².